The smallest absolute Gasteiger partial charge is 0.318 e. The first-order chi connectivity index (χ1) is 6.18. The van der Waals surface area contributed by atoms with Crippen LogP contribution in [0.4, 0.5) is 4.79 Å². The molecule has 0 spiro atoms. The van der Waals surface area contributed by atoms with Crippen LogP contribution in [0.1, 0.15) is 39.5 Å². The SMILES string of the molecule is CC(C)=CNC(=O)NC1CCCC1. The van der Waals surface area contributed by atoms with Crippen molar-refractivity contribution < 1.29 is 4.79 Å². The van der Waals surface area contributed by atoms with Gasteiger partial charge in [-0.1, -0.05) is 18.4 Å². The van der Waals surface area contributed by atoms with Gasteiger partial charge < -0.3 is 10.6 Å². The normalized spacial score (nSPS) is 16.8. The number of amides is 2. The van der Waals surface area contributed by atoms with Crippen LogP contribution in [-0.4, -0.2) is 12.1 Å². The fourth-order valence-electron chi connectivity index (χ4n) is 1.51. The third-order valence-corrected chi connectivity index (χ3v) is 2.18. The molecule has 0 heterocycles. The van der Waals surface area contributed by atoms with E-state index in [2.05, 4.69) is 10.6 Å². The van der Waals surface area contributed by atoms with Crippen molar-refractivity contribution >= 4 is 6.03 Å². The number of carbonyl (C=O) groups is 1. The number of urea groups is 1. The van der Waals surface area contributed by atoms with Crippen LogP contribution in [0.15, 0.2) is 11.8 Å². The molecule has 1 saturated carbocycles. The minimum atomic E-state index is -0.0758. The summed E-state index contributed by atoms with van der Waals surface area (Å²) in [5.74, 6) is 0. The largest absolute Gasteiger partial charge is 0.335 e. The molecule has 1 aliphatic carbocycles. The second-order valence-electron chi connectivity index (χ2n) is 3.82. The third-order valence-electron chi connectivity index (χ3n) is 2.18. The third kappa shape index (κ3) is 3.97. The fourth-order valence-corrected chi connectivity index (χ4v) is 1.51. The van der Waals surface area contributed by atoms with E-state index in [1.54, 1.807) is 6.20 Å². The Morgan fingerprint density at radius 2 is 1.92 bits per heavy atom. The molecule has 0 aromatic heterocycles. The van der Waals surface area contributed by atoms with Gasteiger partial charge in [-0.3, -0.25) is 0 Å². The highest BCUT2D eigenvalue weighted by atomic mass is 16.2. The average Bonchev–Trinajstić information content (AvgIpc) is 2.53. The van der Waals surface area contributed by atoms with Gasteiger partial charge in [0.15, 0.2) is 0 Å². The van der Waals surface area contributed by atoms with E-state index in [0.29, 0.717) is 6.04 Å². The molecule has 3 nitrogen and oxygen atoms in total. The van der Waals surface area contributed by atoms with Crippen LogP contribution in [0.5, 0.6) is 0 Å². The van der Waals surface area contributed by atoms with Crippen LogP contribution in [0, 0.1) is 0 Å². The summed E-state index contributed by atoms with van der Waals surface area (Å²) in [5, 5.41) is 5.64. The number of rotatable bonds is 2. The predicted octanol–water partition coefficient (Wildman–Crippen LogP) is 2.15. The molecule has 0 atom stereocenters. The molecule has 0 saturated heterocycles. The molecule has 0 radical (unpaired) electrons. The van der Waals surface area contributed by atoms with E-state index in [-0.39, 0.29) is 6.03 Å². The van der Waals surface area contributed by atoms with E-state index in [4.69, 9.17) is 0 Å². The lowest BCUT2D eigenvalue weighted by atomic mass is 10.2. The maximum atomic E-state index is 11.2. The maximum Gasteiger partial charge on any atom is 0.318 e. The van der Waals surface area contributed by atoms with Crippen LogP contribution in [0.2, 0.25) is 0 Å². The van der Waals surface area contributed by atoms with Crippen molar-refractivity contribution in [2.24, 2.45) is 0 Å². The van der Waals surface area contributed by atoms with Crippen molar-refractivity contribution in [1.29, 1.82) is 0 Å². The number of nitrogens with one attached hydrogen (secondary N) is 2. The second-order valence-corrected chi connectivity index (χ2v) is 3.82. The molecule has 74 valence electrons. The van der Waals surface area contributed by atoms with E-state index in [9.17, 15) is 4.79 Å². The molecule has 0 aliphatic heterocycles. The van der Waals surface area contributed by atoms with Gasteiger partial charge in [-0.25, -0.2) is 4.79 Å². The lowest BCUT2D eigenvalue weighted by Crippen LogP contribution is -2.38. The Morgan fingerprint density at radius 3 is 2.46 bits per heavy atom. The Labute approximate surface area is 79.6 Å². The number of hydrogen-bond donors (Lipinski definition) is 2. The Hall–Kier alpha value is -0.990. The zero-order valence-corrected chi connectivity index (χ0v) is 8.39. The van der Waals surface area contributed by atoms with E-state index in [1.807, 2.05) is 13.8 Å². The van der Waals surface area contributed by atoms with Gasteiger partial charge in [0.2, 0.25) is 0 Å². The zero-order valence-electron chi connectivity index (χ0n) is 8.39. The zero-order chi connectivity index (χ0) is 9.68. The summed E-state index contributed by atoms with van der Waals surface area (Å²) in [4.78, 5) is 11.2. The Bertz CT molecular complexity index is 201. The first kappa shape index (κ1) is 10.1. The predicted molar refractivity (Wildman–Crippen MR) is 53.4 cm³/mol. The molecule has 13 heavy (non-hydrogen) atoms. The van der Waals surface area contributed by atoms with Gasteiger partial charge in [-0.05, 0) is 26.7 Å². The number of allylic oxidation sites excluding steroid dienone is 1. The minimum absolute atomic E-state index is 0.0758. The van der Waals surface area contributed by atoms with Crippen LogP contribution in [0.3, 0.4) is 0 Å². The summed E-state index contributed by atoms with van der Waals surface area (Å²) in [5.41, 5.74) is 1.10. The topological polar surface area (TPSA) is 41.1 Å². The van der Waals surface area contributed by atoms with Gasteiger partial charge in [0.05, 0.1) is 0 Å². The first-order valence-electron chi connectivity index (χ1n) is 4.89. The Balaban J connectivity index is 2.20. The van der Waals surface area contributed by atoms with Crippen molar-refractivity contribution in [3.63, 3.8) is 0 Å². The standard InChI is InChI=1S/C10H18N2O/c1-8(2)7-11-10(13)12-9-5-3-4-6-9/h7,9H,3-6H2,1-2H3,(H2,11,12,13). The fraction of sp³-hybridized carbons (Fsp3) is 0.700. The molecule has 0 aromatic rings. The molecule has 3 heteroatoms. The molecule has 2 amide bonds. The maximum absolute atomic E-state index is 11.2. The summed E-state index contributed by atoms with van der Waals surface area (Å²) in [6.07, 6.45) is 6.47. The van der Waals surface area contributed by atoms with Crippen LogP contribution < -0.4 is 10.6 Å². The molecule has 1 rings (SSSR count). The molecule has 2 N–H and O–H groups in total. The van der Waals surface area contributed by atoms with E-state index in [0.717, 1.165) is 18.4 Å². The minimum Gasteiger partial charge on any atom is -0.335 e. The van der Waals surface area contributed by atoms with Crippen molar-refractivity contribution in [1.82, 2.24) is 10.6 Å². The Morgan fingerprint density at radius 1 is 1.31 bits per heavy atom. The van der Waals surface area contributed by atoms with Gasteiger partial charge in [-0.2, -0.15) is 0 Å². The van der Waals surface area contributed by atoms with Crippen molar-refractivity contribution in [2.75, 3.05) is 0 Å². The van der Waals surface area contributed by atoms with Gasteiger partial charge in [0.25, 0.3) is 0 Å². The Kier molecular flexibility index (Phi) is 3.80. The quantitative estimate of drug-likeness (QED) is 0.675. The van der Waals surface area contributed by atoms with Gasteiger partial charge >= 0.3 is 6.03 Å². The van der Waals surface area contributed by atoms with Crippen LogP contribution in [0.25, 0.3) is 0 Å². The summed E-state index contributed by atoms with van der Waals surface area (Å²) >= 11 is 0. The molecule has 1 fully saturated rings. The summed E-state index contributed by atoms with van der Waals surface area (Å²) in [6, 6.07) is 0.318. The monoisotopic (exact) mass is 182 g/mol. The second kappa shape index (κ2) is 4.90. The van der Waals surface area contributed by atoms with Gasteiger partial charge in [0, 0.05) is 12.2 Å². The van der Waals surface area contributed by atoms with Gasteiger partial charge in [0.1, 0.15) is 0 Å². The van der Waals surface area contributed by atoms with Crippen molar-refractivity contribution in [2.45, 2.75) is 45.6 Å². The van der Waals surface area contributed by atoms with Crippen molar-refractivity contribution in [3.8, 4) is 0 Å². The molecular formula is C10H18N2O. The summed E-state index contributed by atoms with van der Waals surface area (Å²) in [7, 11) is 0. The molecule has 0 bridgehead atoms. The molecule has 0 unspecified atom stereocenters. The first-order valence-corrected chi connectivity index (χ1v) is 4.89. The lowest BCUT2D eigenvalue weighted by Gasteiger charge is -2.11. The average molecular weight is 182 g/mol. The molecule has 0 aromatic carbocycles. The van der Waals surface area contributed by atoms with E-state index < -0.39 is 0 Å². The summed E-state index contributed by atoms with van der Waals surface area (Å²) in [6.45, 7) is 3.91. The lowest BCUT2D eigenvalue weighted by molar-refractivity contribution is 0.240. The highest BCUT2D eigenvalue weighted by Crippen LogP contribution is 2.17. The highest BCUT2D eigenvalue weighted by molar-refractivity contribution is 5.75. The molecule has 1 aliphatic rings. The highest BCUT2D eigenvalue weighted by Gasteiger charge is 2.16. The van der Waals surface area contributed by atoms with Crippen LogP contribution in [-0.2, 0) is 0 Å². The molecular weight excluding hydrogens is 164 g/mol. The van der Waals surface area contributed by atoms with Gasteiger partial charge in [-0.15, -0.1) is 0 Å². The number of carbonyl (C=O) groups excluding carboxylic acids is 1. The number of hydrogen-bond acceptors (Lipinski definition) is 1. The summed E-state index contributed by atoms with van der Waals surface area (Å²) < 4.78 is 0. The van der Waals surface area contributed by atoms with Crippen LogP contribution >= 0.6 is 0 Å². The van der Waals surface area contributed by atoms with Crippen molar-refractivity contribution in [3.05, 3.63) is 11.8 Å². The van der Waals surface area contributed by atoms with E-state index >= 15 is 0 Å². The van der Waals surface area contributed by atoms with E-state index in [1.165, 1.54) is 12.8 Å².